The van der Waals surface area contributed by atoms with Crippen molar-refractivity contribution in [3.05, 3.63) is 41.0 Å². The second-order valence-corrected chi connectivity index (χ2v) is 3.45. The first-order valence-electron chi connectivity index (χ1n) is 3.90. The summed E-state index contributed by atoms with van der Waals surface area (Å²) in [6, 6.07) is 3.91. The molecular formula is C9H8BrN3. The molecule has 0 amide bonds. The maximum absolute atomic E-state index is 4.37. The maximum atomic E-state index is 4.37. The van der Waals surface area contributed by atoms with Gasteiger partial charge >= 0.3 is 0 Å². The number of nitrogens with zero attached hydrogens (tertiary/aromatic N) is 3. The van der Waals surface area contributed by atoms with E-state index in [0.717, 1.165) is 16.1 Å². The highest BCUT2D eigenvalue weighted by Gasteiger charge is 2.00. The van der Waals surface area contributed by atoms with E-state index in [0.29, 0.717) is 0 Å². The standard InChI is InChI=1S/C9H8BrN3/c1-7-9(10)11-6-8(12-7)13-4-2-3-5-13/h2-6H,1H3. The first-order valence-corrected chi connectivity index (χ1v) is 4.69. The Morgan fingerprint density at radius 3 is 2.62 bits per heavy atom. The van der Waals surface area contributed by atoms with E-state index in [1.54, 1.807) is 6.20 Å². The first kappa shape index (κ1) is 8.44. The van der Waals surface area contributed by atoms with Crippen molar-refractivity contribution >= 4 is 15.9 Å². The van der Waals surface area contributed by atoms with Crippen LogP contribution in [0.3, 0.4) is 0 Å². The van der Waals surface area contributed by atoms with Crippen molar-refractivity contribution in [1.29, 1.82) is 0 Å². The second-order valence-electron chi connectivity index (χ2n) is 2.69. The van der Waals surface area contributed by atoms with E-state index in [1.165, 1.54) is 0 Å². The molecule has 0 aromatic carbocycles. The van der Waals surface area contributed by atoms with Crippen LogP contribution < -0.4 is 0 Å². The van der Waals surface area contributed by atoms with Crippen LogP contribution in [0.1, 0.15) is 5.69 Å². The number of rotatable bonds is 1. The van der Waals surface area contributed by atoms with E-state index < -0.39 is 0 Å². The van der Waals surface area contributed by atoms with Crippen LogP contribution >= 0.6 is 15.9 Å². The van der Waals surface area contributed by atoms with Gasteiger partial charge in [-0.15, -0.1) is 0 Å². The summed E-state index contributed by atoms with van der Waals surface area (Å²) in [6.07, 6.45) is 5.62. The van der Waals surface area contributed by atoms with Crippen LogP contribution in [0.25, 0.3) is 5.82 Å². The van der Waals surface area contributed by atoms with Gasteiger partial charge in [0.2, 0.25) is 0 Å². The quantitative estimate of drug-likeness (QED) is 0.763. The lowest BCUT2D eigenvalue weighted by Gasteiger charge is -2.02. The zero-order chi connectivity index (χ0) is 9.26. The number of halogens is 1. The molecule has 3 nitrogen and oxygen atoms in total. The molecule has 13 heavy (non-hydrogen) atoms. The summed E-state index contributed by atoms with van der Waals surface area (Å²) in [7, 11) is 0. The van der Waals surface area contributed by atoms with Crippen molar-refractivity contribution in [3.63, 3.8) is 0 Å². The van der Waals surface area contributed by atoms with Gasteiger partial charge in [-0.25, -0.2) is 9.97 Å². The highest BCUT2D eigenvalue weighted by Crippen LogP contribution is 2.12. The number of aromatic nitrogens is 3. The molecule has 66 valence electrons. The molecule has 0 saturated heterocycles. The predicted octanol–water partition coefficient (Wildman–Crippen LogP) is 2.34. The van der Waals surface area contributed by atoms with Gasteiger partial charge in [0.1, 0.15) is 4.60 Å². The van der Waals surface area contributed by atoms with Crippen molar-refractivity contribution in [1.82, 2.24) is 14.5 Å². The number of aryl methyl sites for hydroxylation is 1. The molecule has 0 spiro atoms. The molecule has 0 unspecified atom stereocenters. The highest BCUT2D eigenvalue weighted by molar-refractivity contribution is 9.10. The van der Waals surface area contributed by atoms with Gasteiger partial charge in [0.15, 0.2) is 5.82 Å². The lowest BCUT2D eigenvalue weighted by atomic mass is 10.5. The Balaban J connectivity index is 2.49. The summed E-state index contributed by atoms with van der Waals surface area (Å²) in [5.74, 6) is 0.839. The molecule has 4 heteroatoms. The Kier molecular flexibility index (Phi) is 2.14. The lowest BCUT2D eigenvalue weighted by Crippen LogP contribution is -1.97. The molecule has 0 bridgehead atoms. The summed E-state index contributed by atoms with van der Waals surface area (Å²) >= 11 is 3.31. The fourth-order valence-electron chi connectivity index (χ4n) is 1.07. The molecule has 2 aromatic rings. The van der Waals surface area contributed by atoms with Crippen molar-refractivity contribution in [3.8, 4) is 5.82 Å². The molecule has 0 aliphatic rings. The molecular weight excluding hydrogens is 230 g/mol. The van der Waals surface area contributed by atoms with Gasteiger partial charge < -0.3 is 4.57 Å². The fourth-order valence-corrected chi connectivity index (χ4v) is 1.26. The average molecular weight is 238 g/mol. The van der Waals surface area contributed by atoms with E-state index in [1.807, 2.05) is 36.0 Å². The Hall–Kier alpha value is -1.16. The van der Waals surface area contributed by atoms with Crippen LogP contribution in [0.15, 0.2) is 35.3 Å². The van der Waals surface area contributed by atoms with Gasteiger partial charge in [-0.05, 0) is 35.0 Å². The van der Waals surface area contributed by atoms with Gasteiger partial charge in [0, 0.05) is 12.4 Å². The van der Waals surface area contributed by atoms with Crippen LogP contribution in [-0.2, 0) is 0 Å². The minimum absolute atomic E-state index is 0.795. The Morgan fingerprint density at radius 2 is 2.00 bits per heavy atom. The molecule has 0 atom stereocenters. The van der Waals surface area contributed by atoms with E-state index in [4.69, 9.17) is 0 Å². The van der Waals surface area contributed by atoms with Gasteiger partial charge in [0.25, 0.3) is 0 Å². The van der Waals surface area contributed by atoms with Gasteiger partial charge in [-0.1, -0.05) is 0 Å². The third-order valence-electron chi connectivity index (χ3n) is 1.74. The number of hydrogen-bond acceptors (Lipinski definition) is 2. The first-order chi connectivity index (χ1) is 6.27. The van der Waals surface area contributed by atoms with E-state index in [2.05, 4.69) is 25.9 Å². The van der Waals surface area contributed by atoms with Crippen LogP contribution in [-0.4, -0.2) is 14.5 Å². The smallest absolute Gasteiger partial charge is 0.155 e. The summed E-state index contributed by atoms with van der Waals surface area (Å²) < 4.78 is 2.72. The SMILES string of the molecule is Cc1nc(-n2cccc2)cnc1Br. The Bertz CT molecular complexity index is 409. The van der Waals surface area contributed by atoms with Crippen LogP contribution in [0.4, 0.5) is 0 Å². The largest absolute Gasteiger partial charge is 0.307 e. The lowest BCUT2D eigenvalue weighted by molar-refractivity contribution is 0.948. The van der Waals surface area contributed by atoms with E-state index >= 15 is 0 Å². The van der Waals surface area contributed by atoms with Crippen LogP contribution in [0.2, 0.25) is 0 Å². The minimum Gasteiger partial charge on any atom is -0.307 e. The highest BCUT2D eigenvalue weighted by atomic mass is 79.9. The maximum Gasteiger partial charge on any atom is 0.155 e. The Labute approximate surface area is 84.6 Å². The number of hydrogen-bond donors (Lipinski definition) is 0. The Morgan fingerprint density at radius 1 is 1.31 bits per heavy atom. The van der Waals surface area contributed by atoms with Gasteiger partial charge in [-0.2, -0.15) is 0 Å². The monoisotopic (exact) mass is 237 g/mol. The molecule has 0 aliphatic heterocycles. The molecule has 0 aliphatic carbocycles. The van der Waals surface area contributed by atoms with Crippen molar-refractivity contribution in [2.45, 2.75) is 6.92 Å². The molecule has 0 radical (unpaired) electrons. The second kappa shape index (κ2) is 3.30. The summed E-state index contributed by atoms with van der Waals surface area (Å²) in [6.45, 7) is 1.92. The van der Waals surface area contributed by atoms with Crippen molar-refractivity contribution < 1.29 is 0 Å². The fraction of sp³-hybridized carbons (Fsp3) is 0.111. The molecule has 2 rings (SSSR count). The zero-order valence-electron chi connectivity index (χ0n) is 7.11. The zero-order valence-corrected chi connectivity index (χ0v) is 8.69. The molecule has 0 fully saturated rings. The molecule has 2 aromatic heterocycles. The third-order valence-corrected chi connectivity index (χ3v) is 2.52. The third kappa shape index (κ3) is 1.62. The predicted molar refractivity (Wildman–Crippen MR) is 53.8 cm³/mol. The van der Waals surface area contributed by atoms with Crippen molar-refractivity contribution in [2.75, 3.05) is 0 Å². The van der Waals surface area contributed by atoms with Crippen LogP contribution in [0.5, 0.6) is 0 Å². The van der Waals surface area contributed by atoms with Gasteiger partial charge in [0.05, 0.1) is 11.9 Å². The van der Waals surface area contributed by atoms with Crippen LogP contribution in [0, 0.1) is 6.92 Å². The molecule has 2 heterocycles. The molecule has 0 saturated carbocycles. The normalized spacial score (nSPS) is 10.3. The topological polar surface area (TPSA) is 30.7 Å². The van der Waals surface area contributed by atoms with E-state index in [9.17, 15) is 0 Å². The van der Waals surface area contributed by atoms with Gasteiger partial charge in [-0.3, -0.25) is 0 Å². The minimum atomic E-state index is 0.795. The summed E-state index contributed by atoms with van der Waals surface area (Å²) in [5, 5.41) is 0. The molecule has 0 N–H and O–H groups in total. The van der Waals surface area contributed by atoms with E-state index in [-0.39, 0.29) is 0 Å². The van der Waals surface area contributed by atoms with Crippen molar-refractivity contribution in [2.24, 2.45) is 0 Å². The summed E-state index contributed by atoms with van der Waals surface area (Å²) in [5.41, 5.74) is 0.895. The average Bonchev–Trinajstić information content (AvgIpc) is 2.62. The summed E-state index contributed by atoms with van der Waals surface area (Å²) in [4.78, 5) is 8.54.